The maximum absolute atomic E-state index is 5.81. The zero-order valence-electron chi connectivity index (χ0n) is 13.0. The Bertz CT molecular complexity index is 561. The number of ether oxygens (including phenoxy) is 2. The molecule has 112 valence electrons. The highest BCUT2D eigenvalue weighted by Crippen LogP contribution is 2.18. The minimum Gasteiger partial charge on any atom is -0.490 e. The van der Waals surface area contributed by atoms with E-state index in [1.54, 1.807) is 0 Å². The molecule has 0 heterocycles. The number of hydrogen-bond acceptors (Lipinski definition) is 3. The molecule has 0 aliphatic rings. The van der Waals surface area contributed by atoms with E-state index in [1.165, 1.54) is 11.1 Å². The average molecular weight is 285 g/mol. The van der Waals surface area contributed by atoms with Crippen molar-refractivity contribution in [3.05, 3.63) is 59.2 Å². The van der Waals surface area contributed by atoms with E-state index < -0.39 is 0 Å². The van der Waals surface area contributed by atoms with Gasteiger partial charge in [-0.05, 0) is 50.2 Å². The summed E-state index contributed by atoms with van der Waals surface area (Å²) in [5.41, 5.74) is 3.59. The monoisotopic (exact) mass is 285 g/mol. The van der Waals surface area contributed by atoms with Crippen molar-refractivity contribution in [3.8, 4) is 11.5 Å². The topological polar surface area (TPSA) is 30.5 Å². The second kappa shape index (κ2) is 7.70. The molecule has 2 rings (SSSR count). The van der Waals surface area contributed by atoms with Gasteiger partial charge in [0.05, 0.1) is 0 Å². The first-order chi connectivity index (χ1) is 10.2. The summed E-state index contributed by atoms with van der Waals surface area (Å²) in [6.07, 6.45) is 0. The molecule has 0 fully saturated rings. The Morgan fingerprint density at radius 3 is 2.29 bits per heavy atom. The summed E-state index contributed by atoms with van der Waals surface area (Å²) < 4.78 is 11.6. The van der Waals surface area contributed by atoms with Gasteiger partial charge < -0.3 is 14.8 Å². The van der Waals surface area contributed by atoms with E-state index in [1.807, 2.05) is 37.4 Å². The lowest BCUT2D eigenvalue weighted by Gasteiger charge is -2.12. The Balaban J connectivity index is 1.84. The summed E-state index contributed by atoms with van der Waals surface area (Å²) in [6, 6.07) is 14.3. The fourth-order valence-electron chi connectivity index (χ4n) is 2.31. The summed E-state index contributed by atoms with van der Waals surface area (Å²) >= 11 is 0. The molecule has 3 nitrogen and oxygen atoms in total. The zero-order valence-corrected chi connectivity index (χ0v) is 13.0. The van der Waals surface area contributed by atoms with Gasteiger partial charge in [0, 0.05) is 12.1 Å². The highest BCUT2D eigenvalue weighted by molar-refractivity contribution is 5.34. The van der Waals surface area contributed by atoms with Gasteiger partial charge in [-0.15, -0.1) is 0 Å². The number of para-hydroxylation sites is 1. The third kappa shape index (κ3) is 4.80. The van der Waals surface area contributed by atoms with Crippen LogP contribution in [0.4, 0.5) is 0 Å². The molecule has 0 spiro atoms. The van der Waals surface area contributed by atoms with Gasteiger partial charge in [-0.25, -0.2) is 0 Å². The Morgan fingerprint density at radius 1 is 0.905 bits per heavy atom. The van der Waals surface area contributed by atoms with E-state index in [-0.39, 0.29) is 0 Å². The van der Waals surface area contributed by atoms with Gasteiger partial charge in [-0.2, -0.15) is 0 Å². The molecule has 1 N–H and O–H groups in total. The molecule has 0 aliphatic carbocycles. The standard InChI is InChI=1S/C18H23NO2/c1-14-10-15(2)12-17(11-14)20-8-9-21-18-7-5-4-6-16(18)13-19-3/h4-7,10-12,19H,8-9,13H2,1-3H3. The van der Waals surface area contributed by atoms with Crippen LogP contribution in [0.5, 0.6) is 11.5 Å². The number of benzene rings is 2. The van der Waals surface area contributed by atoms with Crippen LogP contribution in [-0.4, -0.2) is 20.3 Å². The van der Waals surface area contributed by atoms with Crippen LogP contribution in [0.1, 0.15) is 16.7 Å². The van der Waals surface area contributed by atoms with Gasteiger partial charge in [-0.3, -0.25) is 0 Å². The molecule has 0 aliphatic heterocycles. The third-order valence-electron chi connectivity index (χ3n) is 3.14. The molecule has 0 radical (unpaired) electrons. The van der Waals surface area contributed by atoms with Crippen LogP contribution in [0.2, 0.25) is 0 Å². The van der Waals surface area contributed by atoms with E-state index in [2.05, 4.69) is 31.3 Å². The summed E-state index contributed by atoms with van der Waals surface area (Å²) in [5, 5.41) is 3.14. The Morgan fingerprint density at radius 2 is 1.57 bits per heavy atom. The first kappa shape index (κ1) is 15.4. The van der Waals surface area contributed by atoms with E-state index in [0.717, 1.165) is 23.6 Å². The molecule has 0 amide bonds. The van der Waals surface area contributed by atoms with E-state index in [4.69, 9.17) is 9.47 Å². The molecule has 0 bridgehead atoms. The maximum Gasteiger partial charge on any atom is 0.123 e. The lowest BCUT2D eigenvalue weighted by Crippen LogP contribution is -2.12. The highest BCUT2D eigenvalue weighted by Gasteiger charge is 2.02. The second-order valence-electron chi connectivity index (χ2n) is 5.16. The lowest BCUT2D eigenvalue weighted by atomic mass is 10.1. The van der Waals surface area contributed by atoms with E-state index in [0.29, 0.717) is 13.2 Å². The van der Waals surface area contributed by atoms with Crippen LogP contribution >= 0.6 is 0 Å². The third-order valence-corrected chi connectivity index (χ3v) is 3.14. The molecule has 3 heteroatoms. The predicted molar refractivity (Wildman–Crippen MR) is 86.1 cm³/mol. The first-order valence-electron chi connectivity index (χ1n) is 7.25. The van der Waals surface area contributed by atoms with Crippen molar-refractivity contribution in [1.29, 1.82) is 0 Å². The van der Waals surface area contributed by atoms with Crippen molar-refractivity contribution in [2.24, 2.45) is 0 Å². The highest BCUT2D eigenvalue weighted by atomic mass is 16.5. The Hall–Kier alpha value is -2.00. The molecular formula is C18H23NO2. The first-order valence-corrected chi connectivity index (χ1v) is 7.25. The number of nitrogens with one attached hydrogen (secondary N) is 1. The lowest BCUT2D eigenvalue weighted by molar-refractivity contribution is 0.215. The molecule has 2 aromatic carbocycles. The van der Waals surface area contributed by atoms with Crippen molar-refractivity contribution < 1.29 is 9.47 Å². The molecule has 0 aromatic heterocycles. The van der Waals surface area contributed by atoms with Crippen molar-refractivity contribution in [3.63, 3.8) is 0 Å². The van der Waals surface area contributed by atoms with E-state index >= 15 is 0 Å². The minimum absolute atomic E-state index is 0.535. The van der Waals surface area contributed by atoms with Gasteiger partial charge in [0.15, 0.2) is 0 Å². The van der Waals surface area contributed by atoms with Crippen molar-refractivity contribution in [1.82, 2.24) is 5.32 Å². The average Bonchev–Trinajstić information content (AvgIpc) is 2.44. The van der Waals surface area contributed by atoms with Crippen LogP contribution < -0.4 is 14.8 Å². The maximum atomic E-state index is 5.81. The fourth-order valence-corrected chi connectivity index (χ4v) is 2.31. The number of aryl methyl sites for hydroxylation is 2. The smallest absolute Gasteiger partial charge is 0.123 e. The van der Waals surface area contributed by atoms with Crippen molar-refractivity contribution in [2.75, 3.05) is 20.3 Å². The van der Waals surface area contributed by atoms with Crippen LogP contribution in [-0.2, 0) is 6.54 Å². The number of rotatable bonds is 7. The van der Waals surface area contributed by atoms with Crippen LogP contribution in [0, 0.1) is 13.8 Å². The van der Waals surface area contributed by atoms with Gasteiger partial charge in [0.25, 0.3) is 0 Å². The van der Waals surface area contributed by atoms with Crippen molar-refractivity contribution in [2.45, 2.75) is 20.4 Å². The molecule has 2 aromatic rings. The second-order valence-corrected chi connectivity index (χ2v) is 5.16. The van der Waals surface area contributed by atoms with Gasteiger partial charge >= 0.3 is 0 Å². The number of hydrogen-bond donors (Lipinski definition) is 1. The van der Waals surface area contributed by atoms with Gasteiger partial charge in [-0.1, -0.05) is 24.3 Å². The Labute approximate surface area is 126 Å². The van der Waals surface area contributed by atoms with Crippen molar-refractivity contribution >= 4 is 0 Å². The molecule has 0 saturated heterocycles. The SMILES string of the molecule is CNCc1ccccc1OCCOc1cc(C)cc(C)c1. The molecule has 21 heavy (non-hydrogen) atoms. The molecule has 0 saturated carbocycles. The fraction of sp³-hybridized carbons (Fsp3) is 0.333. The predicted octanol–water partition coefficient (Wildman–Crippen LogP) is 3.48. The van der Waals surface area contributed by atoms with Gasteiger partial charge in [0.1, 0.15) is 24.7 Å². The van der Waals surface area contributed by atoms with Crippen LogP contribution in [0.15, 0.2) is 42.5 Å². The quantitative estimate of drug-likeness (QED) is 0.790. The normalized spacial score (nSPS) is 10.4. The summed E-state index contributed by atoms with van der Waals surface area (Å²) in [4.78, 5) is 0. The minimum atomic E-state index is 0.535. The Kier molecular flexibility index (Phi) is 5.64. The van der Waals surface area contributed by atoms with E-state index in [9.17, 15) is 0 Å². The molecule has 0 unspecified atom stereocenters. The van der Waals surface area contributed by atoms with Gasteiger partial charge in [0.2, 0.25) is 0 Å². The summed E-state index contributed by atoms with van der Waals surface area (Å²) in [5.74, 6) is 1.82. The molecular weight excluding hydrogens is 262 g/mol. The largest absolute Gasteiger partial charge is 0.490 e. The van der Waals surface area contributed by atoms with Crippen LogP contribution in [0.3, 0.4) is 0 Å². The summed E-state index contributed by atoms with van der Waals surface area (Å²) in [6.45, 7) is 6.02. The molecule has 0 atom stereocenters. The zero-order chi connectivity index (χ0) is 15.1. The summed E-state index contributed by atoms with van der Waals surface area (Å²) in [7, 11) is 1.93. The van der Waals surface area contributed by atoms with Crippen LogP contribution in [0.25, 0.3) is 0 Å².